The molecule has 0 radical (unpaired) electrons. The number of hydrogen-bond acceptors (Lipinski definition) is 4. The van der Waals surface area contributed by atoms with Crippen LogP contribution >= 0.6 is 0 Å². The van der Waals surface area contributed by atoms with E-state index in [0.717, 1.165) is 10.6 Å². The van der Waals surface area contributed by atoms with E-state index in [2.05, 4.69) is 19.9 Å². The van der Waals surface area contributed by atoms with E-state index in [0.29, 0.717) is 0 Å². The number of fused-ring (bicyclic) bond motifs is 3. The normalized spacial score (nSPS) is 12.3. The van der Waals surface area contributed by atoms with Crippen molar-refractivity contribution in [3.05, 3.63) is 53.1 Å². The van der Waals surface area contributed by atoms with Crippen LogP contribution in [0.3, 0.4) is 0 Å². The highest BCUT2D eigenvalue weighted by Gasteiger charge is 2.35. The number of rotatable bonds is 1. The zero-order valence-corrected chi connectivity index (χ0v) is 11.2. The molecule has 0 fully saturated rings. The molecule has 0 aliphatic rings. The second-order valence-electron chi connectivity index (χ2n) is 4.77. The molecule has 0 atom stereocenters. The lowest BCUT2D eigenvalue weighted by Gasteiger charge is -2.14. The van der Waals surface area contributed by atoms with Crippen molar-refractivity contribution in [2.24, 2.45) is 0 Å². The van der Waals surface area contributed by atoms with Gasteiger partial charge < -0.3 is 4.98 Å². The number of hydrogen-bond donors (Lipinski definition) is 1. The summed E-state index contributed by atoms with van der Waals surface area (Å²) in [7, 11) is 0. The summed E-state index contributed by atoms with van der Waals surface area (Å²) in [6.07, 6.45) is 2.14. The quantitative estimate of drug-likeness (QED) is 0.579. The van der Waals surface area contributed by atoms with E-state index in [-0.39, 0.29) is 22.6 Å². The molecule has 4 heterocycles. The molecule has 4 aromatic heterocycles. The number of halogens is 3. The van der Waals surface area contributed by atoms with Gasteiger partial charge in [-0.25, -0.2) is 15.0 Å². The summed E-state index contributed by atoms with van der Waals surface area (Å²) in [6.45, 7) is 0. The van der Waals surface area contributed by atoms with Crippen LogP contribution in [0.1, 0.15) is 5.56 Å². The highest BCUT2D eigenvalue weighted by Crippen LogP contribution is 2.34. The summed E-state index contributed by atoms with van der Waals surface area (Å²) in [5, 5.41) is 0. The van der Waals surface area contributed by atoms with Gasteiger partial charge in [-0.15, -0.1) is 0 Å². The average molecular weight is 320 g/mol. The molecule has 0 saturated carbocycles. The largest absolute Gasteiger partial charge is 0.420 e. The van der Waals surface area contributed by atoms with Gasteiger partial charge in [-0.1, -0.05) is 0 Å². The summed E-state index contributed by atoms with van der Waals surface area (Å²) in [5.74, 6) is -0.329. The van der Waals surface area contributed by atoms with Crippen molar-refractivity contribution in [3.63, 3.8) is 0 Å². The Morgan fingerprint density at radius 2 is 1.96 bits per heavy atom. The molecule has 0 unspecified atom stereocenters. The summed E-state index contributed by atoms with van der Waals surface area (Å²) in [4.78, 5) is 25.9. The van der Waals surface area contributed by atoms with Gasteiger partial charge in [0, 0.05) is 24.8 Å². The van der Waals surface area contributed by atoms with Gasteiger partial charge in [-0.3, -0.25) is 13.8 Å². The number of pyridine rings is 1. The van der Waals surface area contributed by atoms with Crippen molar-refractivity contribution < 1.29 is 13.2 Å². The molecular formula is C13H7F3N6O. The van der Waals surface area contributed by atoms with Gasteiger partial charge in [0.05, 0.1) is 5.52 Å². The van der Waals surface area contributed by atoms with E-state index in [1.165, 1.54) is 35.5 Å². The van der Waals surface area contributed by atoms with Crippen molar-refractivity contribution in [1.82, 2.24) is 28.9 Å². The molecule has 7 nitrogen and oxygen atoms in total. The molecule has 4 rings (SSSR count). The fourth-order valence-electron chi connectivity index (χ4n) is 2.38. The van der Waals surface area contributed by atoms with Crippen molar-refractivity contribution in [2.45, 2.75) is 6.18 Å². The van der Waals surface area contributed by atoms with Gasteiger partial charge in [-0.2, -0.15) is 13.2 Å². The van der Waals surface area contributed by atoms with E-state index >= 15 is 0 Å². The molecule has 4 aromatic rings. The Bertz CT molecular complexity index is 1080. The zero-order chi connectivity index (χ0) is 16.2. The summed E-state index contributed by atoms with van der Waals surface area (Å²) < 4.78 is 42.5. The van der Waals surface area contributed by atoms with Gasteiger partial charge in [0.15, 0.2) is 11.5 Å². The first-order chi connectivity index (χ1) is 10.9. The van der Waals surface area contributed by atoms with Crippen molar-refractivity contribution in [2.75, 3.05) is 0 Å². The lowest BCUT2D eigenvalue weighted by Crippen LogP contribution is -2.16. The molecule has 0 aliphatic heterocycles. The van der Waals surface area contributed by atoms with Gasteiger partial charge in [0.1, 0.15) is 11.9 Å². The van der Waals surface area contributed by atoms with Crippen LogP contribution in [0.5, 0.6) is 0 Å². The third-order valence-electron chi connectivity index (χ3n) is 3.36. The first kappa shape index (κ1) is 13.5. The molecule has 0 amide bonds. The minimum atomic E-state index is -4.64. The molecule has 23 heavy (non-hydrogen) atoms. The van der Waals surface area contributed by atoms with E-state index < -0.39 is 17.3 Å². The monoisotopic (exact) mass is 320 g/mol. The van der Waals surface area contributed by atoms with E-state index in [4.69, 9.17) is 0 Å². The first-order valence-corrected chi connectivity index (χ1v) is 6.41. The summed E-state index contributed by atoms with van der Waals surface area (Å²) in [6, 6.07) is 0.860. The van der Waals surface area contributed by atoms with Gasteiger partial charge >= 0.3 is 6.18 Å². The summed E-state index contributed by atoms with van der Waals surface area (Å²) >= 11 is 0. The van der Waals surface area contributed by atoms with Crippen LogP contribution in [0, 0.1) is 0 Å². The van der Waals surface area contributed by atoms with Gasteiger partial charge in [0.25, 0.3) is 5.56 Å². The standard InChI is InChI=1S/C13H7F3N6O/c14-13(15,16)7-5-8-10(20-9(7)21-3-1-17-6-21)22-4-2-18-11(22)12(23)19-8/h1-6H,(H,19,23). The van der Waals surface area contributed by atoms with Crippen LogP contribution < -0.4 is 5.56 Å². The van der Waals surface area contributed by atoms with E-state index in [1.54, 1.807) is 0 Å². The molecule has 0 aromatic carbocycles. The highest BCUT2D eigenvalue weighted by molar-refractivity contribution is 5.76. The lowest BCUT2D eigenvalue weighted by molar-refractivity contribution is -0.137. The first-order valence-electron chi connectivity index (χ1n) is 6.41. The zero-order valence-electron chi connectivity index (χ0n) is 11.2. The van der Waals surface area contributed by atoms with Crippen LogP contribution in [-0.2, 0) is 6.18 Å². The Morgan fingerprint density at radius 1 is 1.13 bits per heavy atom. The van der Waals surface area contributed by atoms with Crippen LogP contribution in [0.2, 0.25) is 0 Å². The number of nitrogens with zero attached hydrogens (tertiary/aromatic N) is 5. The number of H-pyrrole nitrogens is 1. The third-order valence-corrected chi connectivity index (χ3v) is 3.36. The second-order valence-corrected chi connectivity index (χ2v) is 4.77. The van der Waals surface area contributed by atoms with Crippen LogP contribution in [-0.4, -0.2) is 28.9 Å². The predicted octanol–water partition coefficient (Wildman–Crippen LogP) is 1.78. The van der Waals surface area contributed by atoms with Crippen molar-refractivity contribution >= 4 is 16.8 Å². The van der Waals surface area contributed by atoms with Crippen LogP contribution in [0.15, 0.2) is 42.0 Å². The minimum Gasteiger partial charge on any atom is -0.316 e. The molecule has 0 saturated heterocycles. The second kappa shape index (κ2) is 4.41. The summed E-state index contributed by atoms with van der Waals surface area (Å²) in [5.41, 5.74) is -1.38. The number of nitrogens with one attached hydrogen (secondary N) is 1. The smallest absolute Gasteiger partial charge is 0.316 e. The molecule has 116 valence electrons. The number of imidazole rings is 2. The van der Waals surface area contributed by atoms with Crippen molar-refractivity contribution in [3.8, 4) is 5.82 Å². The maximum Gasteiger partial charge on any atom is 0.420 e. The molecule has 10 heteroatoms. The van der Waals surface area contributed by atoms with Crippen molar-refractivity contribution in [1.29, 1.82) is 0 Å². The number of aromatic nitrogens is 6. The highest BCUT2D eigenvalue weighted by atomic mass is 19.4. The molecule has 0 spiro atoms. The van der Waals surface area contributed by atoms with Gasteiger partial charge in [0.2, 0.25) is 5.65 Å². The predicted molar refractivity (Wildman–Crippen MR) is 73.2 cm³/mol. The van der Waals surface area contributed by atoms with Crippen LogP contribution in [0.4, 0.5) is 13.2 Å². The molecule has 1 N–H and O–H groups in total. The maximum atomic E-state index is 13.3. The molecule has 0 bridgehead atoms. The Labute approximate surface area is 125 Å². The topological polar surface area (TPSA) is 80.9 Å². The fraction of sp³-hybridized carbons (Fsp3) is 0.0769. The maximum absolute atomic E-state index is 13.3. The Kier molecular flexibility index (Phi) is 2.59. The SMILES string of the molecule is O=c1[nH]c2cc(C(F)(F)F)c(-n3ccnc3)nc2n2ccnc12. The lowest BCUT2D eigenvalue weighted by atomic mass is 10.2. The van der Waals surface area contributed by atoms with E-state index in [9.17, 15) is 18.0 Å². The van der Waals surface area contributed by atoms with E-state index in [1.807, 2.05) is 0 Å². The molecular weight excluding hydrogens is 313 g/mol. The minimum absolute atomic E-state index is 0.0308. The number of aromatic amines is 1. The Balaban J connectivity index is 2.18. The van der Waals surface area contributed by atoms with Gasteiger partial charge in [-0.05, 0) is 6.07 Å². The fourth-order valence-corrected chi connectivity index (χ4v) is 2.38. The Morgan fingerprint density at radius 3 is 2.65 bits per heavy atom. The number of alkyl halides is 3. The van der Waals surface area contributed by atoms with Crippen LogP contribution in [0.25, 0.3) is 22.6 Å². The third kappa shape index (κ3) is 1.99. The molecule has 0 aliphatic carbocycles. The Hall–Kier alpha value is -3.17. The average Bonchev–Trinajstić information content (AvgIpc) is 3.17.